The SMILES string of the molecule is CCCCCC1(C(C)=O)CCCC1. The van der Waals surface area contributed by atoms with Gasteiger partial charge in [-0.3, -0.25) is 4.79 Å². The maximum Gasteiger partial charge on any atom is 0.135 e. The van der Waals surface area contributed by atoms with Crippen molar-refractivity contribution < 1.29 is 4.79 Å². The maximum absolute atomic E-state index is 11.6. The van der Waals surface area contributed by atoms with Crippen molar-refractivity contribution in [3.05, 3.63) is 0 Å². The first-order chi connectivity index (χ1) is 6.21. The van der Waals surface area contributed by atoms with Crippen molar-refractivity contribution in [2.24, 2.45) is 5.41 Å². The monoisotopic (exact) mass is 182 g/mol. The molecule has 0 N–H and O–H groups in total. The number of carbonyl (C=O) groups excluding carboxylic acids is 1. The second-order valence-electron chi connectivity index (χ2n) is 4.50. The third kappa shape index (κ3) is 2.55. The third-order valence-corrected chi connectivity index (χ3v) is 3.57. The Morgan fingerprint density at radius 3 is 2.31 bits per heavy atom. The summed E-state index contributed by atoms with van der Waals surface area (Å²) in [6.07, 6.45) is 9.80. The van der Waals surface area contributed by atoms with Gasteiger partial charge in [0.2, 0.25) is 0 Å². The van der Waals surface area contributed by atoms with Gasteiger partial charge in [0, 0.05) is 5.41 Å². The van der Waals surface area contributed by atoms with Crippen molar-refractivity contribution >= 4 is 5.78 Å². The topological polar surface area (TPSA) is 17.1 Å². The van der Waals surface area contributed by atoms with Crippen LogP contribution < -0.4 is 0 Å². The molecule has 0 spiro atoms. The zero-order chi connectivity index (χ0) is 9.73. The van der Waals surface area contributed by atoms with Crippen LogP contribution in [0.4, 0.5) is 0 Å². The number of hydrogen-bond donors (Lipinski definition) is 0. The highest BCUT2D eigenvalue weighted by atomic mass is 16.1. The molecule has 1 fully saturated rings. The van der Waals surface area contributed by atoms with Crippen LogP contribution in [0.15, 0.2) is 0 Å². The Balaban J connectivity index is 2.43. The van der Waals surface area contributed by atoms with E-state index in [2.05, 4.69) is 6.92 Å². The summed E-state index contributed by atoms with van der Waals surface area (Å²) < 4.78 is 0. The first-order valence-electron chi connectivity index (χ1n) is 5.72. The highest BCUT2D eigenvalue weighted by Gasteiger charge is 2.37. The van der Waals surface area contributed by atoms with E-state index in [0.717, 1.165) is 19.3 Å². The summed E-state index contributed by atoms with van der Waals surface area (Å²) in [6.45, 7) is 4.01. The van der Waals surface area contributed by atoms with Crippen LogP contribution in [0.1, 0.15) is 65.2 Å². The highest BCUT2D eigenvalue weighted by molar-refractivity contribution is 5.82. The maximum atomic E-state index is 11.6. The van der Waals surface area contributed by atoms with Gasteiger partial charge in [-0.1, -0.05) is 39.0 Å². The van der Waals surface area contributed by atoms with E-state index in [9.17, 15) is 4.79 Å². The molecule has 1 heteroatoms. The van der Waals surface area contributed by atoms with E-state index in [1.54, 1.807) is 6.92 Å². The molecule has 0 aromatic rings. The van der Waals surface area contributed by atoms with Crippen LogP contribution in [-0.2, 0) is 4.79 Å². The smallest absolute Gasteiger partial charge is 0.135 e. The standard InChI is InChI=1S/C12H22O/c1-3-4-5-8-12(11(2)13)9-6-7-10-12/h3-10H2,1-2H3. The predicted molar refractivity (Wildman–Crippen MR) is 55.7 cm³/mol. The van der Waals surface area contributed by atoms with Crippen molar-refractivity contribution in [3.8, 4) is 0 Å². The van der Waals surface area contributed by atoms with Gasteiger partial charge in [-0.15, -0.1) is 0 Å². The largest absolute Gasteiger partial charge is 0.299 e. The average molecular weight is 182 g/mol. The normalized spacial score (nSPS) is 20.5. The number of hydrogen-bond acceptors (Lipinski definition) is 1. The number of carbonyl (C=O) groups is 1. The molecule has 1 rings (SSSR count). The lowest BCUT2D eigenvalue weighted by Crippen LogP contribution is -2.25. The van der Waals surface area contributed by atoms with Crippen molar-refractivity contribution in [1.29, 1.82) is 0 Å². The summed E-state index contributed by atoms with van der Waals surface area (Å²) in [5.41, 5.74) is 0.106. The van der Waals surface area contributed by atoms with Crippen LogP contribution in [0.5, 0.6) is 0 Å². The molecule has 0 aromatic heterocycles. The lowest BCUT2D eigenvalue weighted by molar-refractivity contribution is -0.126. The van der Waals surface area contributed by atoms with E-state index < -0.39 is 0 Å². The lowest BCUT2D eigenvalue weighted by Gasteiger charge is -2.25. The Morgan fingerprint density at radius 2 is 1.85 bits per heavy atom. The van der Waals surface area contributed by atoms with Crippen LogP contribution in [0.2, 0.25) is 0 Å². The Labute approximate surface area is 81.9 Å². The molecule has 0 saturated heterocycles. The van der Waals surface area contributed by atoms with Crippen molar-refractivity contribution in [1.82, 2.24) is 0 Å². The molecule has 0 bridgehead atoms. The number of unbranched alkanes of at least 4 members (excludes halogenated alkanes) is 2. The molecular weight excluding hydrogens is 160 g/mol. The minimum Gasteiger partial charge on any atom is -0.299 e. The summed E-state index contributed by atoms with van der Waals surface area (Å²) in [4.78, 5) is 11.6. The Hall–Kier alpha value is -0.330. The van der Waals surface area contributed by atoms with Gasteiger partial charge in [-0.2, -0.15) is 0 Å². The lowest BCUT2D eigenvalue weighted by atomic mass is 9.78. The van der Waals surface area contributed by atoms with Crippen LogP contribution in [-0.4, -0.2) is 5.78 Å². The second kappa shape index (κ2) is 4.78. The summed E-state index contributed by atoms with van der Waals surface area (Å²) >= 11 is 0. The highest BCUT2D eigenvalue weighted by Crippen LogP contribution is 2.43. The molecule has 0 atom stereocenters. The van der Waals surface area contributed by atoms with Crippen molar-refractivity contribution in [2.45, 2.75) is 65.2 Å². The van der Waals surface area contributed by atoms with E-state index in [0.29, 0.717) is 5.78 Å². The van der Waals surface area contributed by atoms with Crippen molar-refractivity contribution in [2.75, 3.05) is 0 Å². The molecule has 0 aromatic carbocycles. The predicted octanol–water partition coefficient (Wildman–Crippen LogP) is 3.72. The molecule has 1 aliphatic carbocycles. The first-order valence-corrected chi connectivity index (χ1v) is 5.72. The van der Waals surface area contributed by atoms with Gasteiger partial charge in [0.05, 0.1) is 0 Å². The second-order valence-corrected chi connectivity index (χ2v) is 4.50. The van der Waals surface area contributed by atoms with Crippen LogP contribution in [0.3, 0.4) is 0 Å². The minimum absolute atomic E-state index is 0.106. The Morgan fingerprint density at radius 1 is 1.23 bits per heavy atom. The first kappa shape index (κ1) is 10.7. The number of rotatable bonds is 5. The molecular formula is C12H22O. The molecule has 0 aliphatic heterocycles. The molecule has 0 unspecified atom stereocenters. The van der Waals surface area contributed by atoms with Gasteiger partial charge in [0.15, 0.2) is 0 Å². The van der Waals surface area contributed by atoms with E-state index in [4.69, 9.17) is 0 Å². The van der Waals surface area contributed by atoms with Gasteiger partial charge in [-0.25, -0.2) is 0 Å². The van der Waals surface area contributed by atoms with E-state index in [1.165, 1.54) is 32.1 Å². The average Bonchev–Trinajstić information content (AvgIpc) is 2.55. The molecule has 1 aliphatic rings. The number of ketones is 1. The Bertz CT molecular complexity index is 166. The molecule has 0 amide bonds. The zero-order valence-electron chi connectivity index (χ0n) is 9.07. The fraction of sp³-hybridized carbons (Fsp3) is 0.917. The van der Waals surface area contributed by atoms with E-state index in [-0.39, 0.29) is 5.41 Å². The molecule has 1 nitrogen and oxygen atoms in total. The zero-order valence-corrected chi connectivity index (χ0v) is 9.07. The minimum atomic E-state index is 0.106. The van der Waals surface area contributed by atoms with Crippen LogP contribution >= 0.6 is 0 Å². The summed E-state index contributed by atoms with van der Waals surface area (Å²) in [5.74, 6) is 0.445. The van der Waals surface area contributed by atoms with Crippen LogP contribution in [0, 0.1) is 5.41 Å². The molecule has 76 valence electrons. The summed E-state index contributed by atoms with van der Waals surface area (Å²) in [5, 5.41) is 0. The van der Waals surface area contributed by atoms with Gasteiger partial charge >= 0.3 is 0 Å². The molecule has 1 saturated carbocycles. The number of Topliss-reactive ketones (excluding diaryl/α,β-unsaturated/α-hetero) is 1. The fourth-order valence-corrected chi connectivity index (χ4v) is 2.54. The van der Waals surface area contributed by atoms with E-state index >= 15 is 0 Å². The van der Waals surface area contributed by atoms with Crippen molar-refractivity contribution in [3.63, 3.8) is 0 Å². The summed E-state index contributed by atoms with van der Waals surface area (Å²) in [7, 11) is 0. The molecule has 0 heterocycles. The fourth-order valence-electron chi connectivity index (χ4n) is 2.54. The summed E-state index contributed by atoms with van der Waals surface area (Å²) in [6, 6.07) is 0. The van der Waals surface area contributed by atoms with Gasteiger partial charge in [0.25, 0.3) is 0 Å². The quantitative estimate of drug-likeness (QED) is 0.592. The van der Waals surface area contributed by atoms with Gasteiger partial charge in [-0.05, 0) is 26.2 Å². The Kier molecular flexibility index (Phi) is 3.95. The van der Waals surface area contributed by atoms with Gasteiger partial charge < -0.3 is 0 Å². The van der Waals surface area contributed by atoms with Gasteiger partial charge in [0.1, 0.15) is 5.78 Å². The van der Waals surface area contributed by atoms with Crippen LogP contribution in [0.25, 0.3) is 0 Å². The molecule has 0 radical (unpaired) electrons. The third-order valence-electron chi connectivity index (χ3n) is 3.57. The molecule has 13 heavy (non-hydrogen) atoms. The van der Waals surface area contributed by atoms with E-state index in [1.807, 2.05) is 0 Å².